The van der Waals surface area contributed by atoms with Gasteiger partial charge in [0.2, 0.25) is 0 Å². The molecule has 2 N–H and O–H groups in total. The van der Waals surface area contributed by atoms with E-state index in [1.165, 1.54) is 6.07 Å². The summed E-state index contributed by atoms with van der Waals surface area (Å²) in [5, 5.41) is 17.4. The van der Waals surface area contributed by atoms with E-state index >= 15 is 0 Å². The molecule has 74 valence electrons. The molecular weight excluding hydrogens is 184 g/mol. The van der Waals surface area contributed by atoms with E-state index in [0.717, 1.165) is 5.56 Å². The van der Waals surface area contributed by atoms with E-state index in [1.54, 1.807) is 25.1 Å². The average molecular weight is 194 g/mol. The smallest absolute Gasteiger partial charge is 0.322 e. The summed E-state index contributed by atoms with van der Waals surface area (Å²) in [7, 11) is 0. The molecule has 0 bridgehead atoms. The van der Waals surface area contributed by atoms with E-state index in [0.29, 0.717) is 5.56 Å². The van der Waals surface area contributed by atoms with Gasteiger partial charge in [0, 0.05) is 0 Å². The Morgan fingerprint density at radius 3 is 2.21 bits per heavy atom. The van der Waals surface area contributed by atoms with Gasteiger partial charge >= 0.3 is 11.9 Å². The zero-order valence-electron chi connectivity index (χ0n) is 7.60. The molecule has 0 atom stereocenters. The third-order valence-electron chi connectivity index (χ3n) is 1.87. The van der Waals surface area contributed by atoms with Gasteiger partial charge in [-0.05, 0) is 12.5 Å². The normalized spacial score (nSPS) is 10.1. The monoisotopic (exact) mass is 194 g/mol. The number of hydrogen-bond acceptors (Lipinski definition) is 2. The van der Waals surface area contributed by atoms with Crippen LogP contribution in [0.15, 0.2) is 24.3 Å². The van der Waals surface area contributed by atoms with Crippen molar-refractivity contribution in [2.75, 3.05) is 0 Å². The first-order chi connectivity index (χ1) is 6.52. The topological polar surface area (TPSA) is 74.6 Å². The van der Waals surface area contributed by atoms with Gasteiger partial charge in [-0.15, -0.1) is 0 Å². The minimum absolute atomic E-state index is 0.296. The molecule has 0 aliphatic heterocycles. The van der Waals surface area contributed by atoms with Crippen molar-refractivity contribution in [2.45, 2.75) is 12.8 Å². The molecule has 4 nitrogen and oxygen atoms in total. The van der Waals surface area contributed by atoms with Gasteiger partial charge in [0.25, 0.3) is 0 Å². The Hall–Kier alpha value is -1.84. The molecule has 0 aromatic heterocycles. The van der Waals surface area contributed by atoms with E-state index < -0.39 is 17.9 Å². The molecule has 1 rings (SSSR count). The number of benzene rings is 1. The van der Waals surface area contributed by atoms with E-state index in [-0.39, 0.29) is 0 Å². The predicted octanol–water partition coefficient (Wildman–Crippen LogP) is 1.25. The second kappa shape index (κ2) is 3.91. The first kappa shape index (κ1) is 10.2. The predicted molar refractivity (Wildman–Crippen MR) is 49.2 cm³/mol. The van der Waals surface area contributed by atoms with Crippen LogP contribution in [0.3, 0.4) is 0 Å². The van der Waals surface area contributed by atoms with Crippen molar-refractivity contribution in [1.29, 1.82) is 0 Å². The fraction of sp³-hybridized carbons (Fsp3) is 0.200. The second-order valence-electron chi connectivity index (χ2n) is 3.02. The van der Waals surface area contributed by atoms with Gasteiger partial charge in [-0.2, -0.15) is 0 Å². The van der Waals surface area contributed by atoms with Crippen LogP contribution >= 0.6 is 0 Å². The number of carboxylic acid groups (broad SMARTS) is 2. The molecule has 4 heteroatoms. The highest BCUT2D eigenvalue weighted by molar-refractivity contribution is 5.98. The largest absolute Gasteiger partial charge is 0.480 e. The van der Waals surface area contributed by atoms with Crippen LogP contribution in [0.2, 0.25) is 0 Å². The highest BCUT2D eigenvalue weighted by Gasteiger charge is 2.27. The summed E-state index contributed by atoms with van der Waals surface area (Å²) >= 11 is 0. The van der Waals surface area contributed by atoms with Crippen molar-refractivity contribution in [2.24, 2.45) is 0 Å². The third kappa shape index (κ3) is 2.10. The fourth-order valence-electron chi connectivity index (χ4n) is 1.24. The summed E-state index contributed by atoms with van der Waals surface area (Å²) in [6, 6.07) is 6.49. The van der Waals surface area contributed by atoms with Gasteiger partial charge in [-0.25, -0.2) is 0 Å². The van der Waals surface area contributed by atoms with Gasteiger partial charge < -0.3 is 10.2 Å². The maximum absolute atomic E-state index is 10.7. The van der Waals surface area contributed by atoms with Crippen LogP contribution in [0, 0.1) is 6.92 Å². The number of carbonyl (C=O) groups is 2. The fourth-order valence-corrected chi connectivity index (χ4v) is 1.24. The van der Waals surface area contributed by atoms with Crippen molar-refractivity contribution in [3.63, 3.8) is 0 Å². The Bertz CT molecular complexity index is 356. The lowest BCUT2D eigenvalue weighted by molar-refractivity contribution is -0.150. The third-order valence-corrected chi connectivity index (χ3v) is 1.87. The summed E-state index contributed by atoms with van der Waals surface area (Å²) in [5.41, 5.74) is 1.14. The Labute approximate surface area is 80.8 Å². The number of rotatable bonds is 3. The van der Waals surface area contributed by atoms with E-state index in [9.17, 15) is 9.59 Å². The molecule has 0 heterocycles. The Morgan fingerprint density at radius 2 is 1.79 bits per heavy atom. The van der Waals surface area contributed by atoms with E-state index in [2.05, 4.69) is 0 Å². The van der Waals surface area contributed by atoms with Gasteiger partial charge in [0.1, 0.15) is 0 Å². The van der Waals surface area contributed by atoms with Crippen molar-refractivity contribution < 1.29 is 19.8 Å². The molecule has 0 aliphatic carbocycles. The lowest BCUT2D eigenvalue weighted by Gasteiger charge is -2.07. The molecule has 0 unspecified atom stereocenters. The first-order valence-corrected chi connectivity index (χ1v) is 4.04. The number of hydrogen-bond donors (Lipinski definition) is 2. The summed E-state index contributed by atoms with van der Waals surface area (Å²) in [5.74, 6) is -4.17. The lowest BCUT2D eigenvalue weighted by Crippen LogP contribution is -2.20. The van der Waals surface area contributed by atoms with Crippen LogP contribution in [-0.2, 0) is 9.59 Å². The zero-order valence-corrected chi connectivity index (χ0v) is 7.60. The molecule has 0 saturated carbocycles. The van der Waals surface area contributed by atoms with Crippen LogP contribution in [-0.4, -0.2) is 22.2 Å². The molecule has 0 spiro atoms. The molecule has 0 fully saturated rings. The highest BCUT2D eigenvalue weighted by atomic mass is 16.4. The first-order valence-electron chi connectivity index (χ1n) is 4.04. The van der Waals surface area contributed by atoms with Crippen LogP contribution in [0.1, 0.15) is 17.0 Å². The van der Waals surface area contributed by atoms with Gasteiger partial charge in [0.05, 0.1) is 0 Å². The zero-order chi connectivity index (χ0) is 10.7. The molecule has 1 aromatic carbocycles. The maximum atomic E-state index is 10.7. The quantitative estimate of drug-likeness (QED) is 0.710. The molecule has 0 aliphatic rings. The van der Waals surface area contributed by atoms with Crippen LogP contribution in [0.25, 0.3) is 0 Å². The standard InChI is InChI=1S/C10H10O4/c1-6-3-2-4-7(5-6)8(9(11)12)10(13)14/h2-5,8H,1H3,(H,11,12)(H,13,14). The van der Waals surface area contributed by atoms with E-state index in [1.807, 2.05) is 0 Å². The van der Waals surface area contributed by atoms with Crippen LogP contribution < -0.4 is 0 Å². The number of aryl methyl sites for hydroxylation is 1. The summed E-state index contributed by atoms with van der Waals surface area (Å²) < 4.78 is 0. The average Bonchev–Trinajstić information content (AvgIpc) is 2.02. The Kier molecular flexibility index (Phi) is 2.86. The molecule has 0 saturated heterocycles. The number of aliphatic carboxylic acids is 2. The van der Waals surface area contributed by atoms with Gasteiger partial charge in [-0.3, -0.25) is 9.59 Å². The minimum Gasteiger partial charge on any atom is -0.480 e. The lowest BCUT2D eigenvalue weighted by atomic mass is 9.98. The summed E-state index contributed by atoms with van der Waals surface area (Å²) in [6.45, 7) is 1.78. The highest BCUT2D eigenvalue weighted by Crippen LogP contribution is 2.17. The van der Waals surface area contributed by atoms with Crippen LogP contribution in [0.4, 0.5) is 0 Å². The minimum atomic E-state index is -1.48. The Morgan fingerprint density at radius 1 is 1.21 bits per heavy atom. The molecule has 0 radical (unpaired) electrons. The molecule has 1 aromatic rings. The van der Waals surface area contributed by atoms with Crippen molar-refractivity contribution >= 4 is 11.9 Å². The maximum Gasteiger partial charge on any atom is 0.322 e. The van der Waals surface area contributed by atoms with Crippen LogP contribution in [0.5, 0.6) is 0 Å². The van der Waals surface area contributed by atoms with E-state index in [4.69, 9.17) is 10.2 Å². The second-order valence-corrected chi connectivity index (χ2v) is 3.02. The van der Waals surface area contributed by atoms with Gasteiger partial charge in [-0.1, -0.05) is 29.8 Å². The Balaban J connectivity index is 3.12. The summed E-state index contributed by atoms with van der Waals surface area (Å²) in [6.07, 6.45) is 0. The molecular formula is C10H10O4. The molecule has 0 amide bonds. The van der Waals surface area contributed by atoms with Crippen molar-refractivity contribution in [3.05, 3.63) is 35.4 Å². The summed E-state index contributed by atoms with van der Waals surface area (Å²) in [4.78, 5) is 21.3. The molecule has 14 heavy (non-hydrogen) atoms. The number of carboxylic acids is 2. The van der Waals surface area contributed by atoms with Crippen molar-refractivity contribution in [1.82, 2.24) is 0 Å². The van der Waals surface area contributed by atoms with Gasteiger partial charge in [0.15, 0.2) is 5.92 Å². The SMILES string of the molecule is Cc1cccc(C(C(=O)O)C(=O)O)c1. The van der Waals surface area contributed by atoms with Crippen molar-refractivity contribution in [3.8, 4) is 0 Å².